The monoisotopic (exact) mass is 521 g/mol. The van der Waals surface area contributed by atoms with Crippen molar-refractivity contribution in [3.8, 4) is 0 Å². The highest BCUT2D eigenvalue weighted by Crippen LogP contribution is 2.30. The Morgan fingerprint density at radius 1 is 0.838 bits per heavy atom. The number of nitrogens with zero attached hydrogens (tertiary/aromatic N) is 3. The number of hydrogen-bond donors (Lipinski definition) is 2. The van der Waals surface area contributed by atoms with Crippen molar-refractivity contribution in [2.45, 2.75) is 90.1 Å². The highest BCUT2D eigenvalue weighted by molar-refractivity contribution is 6.27. The van der Waals surface area contributed by atoms with Gasteiger partial charge in [0.2, 0.25) is 5.91 Å². The highest BCUT2D eigenvalue weighted by Gasteiger charge is 2.34. The van der Waals surface area contributed by atoms with Crippen LogP contribution < -0.4 is 0 Å². The SMILES string of the molecule is CCN(CC)CCN(CC(=O)N(C1CCCCC1)C1CCCCC1)C(=O)c1ccco1.O=C(O)C(=O)O. The molecule has 1 aromatic heterocycles. The summed E-state index contributed by atoms with van der Waals surface area (Å²) >= 11 is 0. The van der Waals surface area contributed by atoms with E-state index in [1.54, 1.807) is 17.0 Å². The fraction of sp³-hybridized carbons (Fsp3) is 0.704. The summed E-state index contributed by atoms with van der Waals surface area (Å²) in [7, 11) is 0. The van der Waals surface area contributed by atoms with Crippen molar-refractivity contribution in [2.24, 2.45) is 0 Å². The first-order chi connectivity index (χ1) is 17.8. The molecular formula is C27H43N3O7. The van der Waals surface area contributed by atoms with Gasteiger partial charge in [-0.3, -0.25) is 9.59 Å². The third-order valence-corrected chi connectivity index (χ3v) is 7.33. The Hall–Kier alpha value is -2.88. The van der Waals surface area contributed by atoms with Crippen LogP contribution in [0.2, 0.25) is 0 Å². The number of likely N-dealkylation sites (N-methyl/N-ethyl adjacent to an activating group) is 1. The number of carbonyl (C=O) groups excluding carboxylic acids is 2. The molecule has 0 aliphatic heterocycles. The number of carboxylic acid groups (broad SMARTS) is 2. The van der Waals surface area contributed by atoms with Crippen molar-refractivity contribution in [2.75, 3.05) is 32.7 Å². The Morgan fingerprint density at radius 2 is 1.35 bits per heavy atom. The summed E-state index contributed by atoms with van der Waals surface area (Å²) < 4.78 is 5.38. The molecule has 2 amide bonds. The molecule has 10 nitrogen and oxygen atoms in total. The van der Waals surface area contributed by atoms with E-state index in [1.807, 2.05) is 0 Å². The molecule has 0 radical (unpaired) electrons. The van der Waals surface area contributed by atoms with Crippen LogP contribution in [0.25, 0.3) is 0 Å². The van der Waals surface area contributed by atoms with E-state index in [4.69, 9.17) is 24.2 Å². The molecule has 0 spiro atoms. The van der Waals surface area contributed by atoms with Crippen LogP contribution in [-0.2, 0) is 14.4 Å². The molecule has 1 aromatic rings. The van der Waals surface area contributed by atoms with Crippen molar-refractivity contribution in [3.63, 3.8) is 0 Å². The Bertz CT molecular complexity index is 812. The number of rotatable bonds is 10. The summed E-state index contributed by atoms with van der Waals surface area (Å²) in [6.45, 7) is 7.57. The molecule has 0 saturated heterocycles. The Balaban J connectivity index is 0.000000717. The van der Waals surface area contributed by atoms with Gasteiger partial charge in [-0.25, -0.2) is 9.59 Å². The summed E-state index contributed by atoms with van der Waals surface area (Å²) in [5, 5.41) is 14.8. The van der Waals surface area contributed by atoms with Gasteiger partial charge in [-0.2, -0.15) is 0 Å². The molecule has 0 aromatic carbocycles. The second-order valence-electron chi connectivity index (χ2n) is 9.73. The molecule has 0 atom stereocenters. The fourth-order valence-corrected chi connectivity index (χ4v) is 5.28. The van der Waals surface area contributed by atoms with Crippen LogP contribution in [0.15, 0.2) is 22.8 Å². The molecule has 0 unspecified atom stereocenters. The highest BCUT2D eigenvalue weighted by atomic mass is 16.4. The van der Waals surface area contributed by atoms with Crippen LogP contribution in [0.5, 0.6) is 0 Å². The van der Waals surface area contributed by atoms with E-state index in [1.165, 1.54) is 44.8 Å². The molecule has 10 heteroatoms. The first kappa shape index (κ1) is 30.3. The maximum absolute atomic E-state index is 13.7. The van der Waals surface area contributed by atoms with Gasteiger partial charge in [0.15, 0.2) is 5.76 Å². The van der Waals surface area contributed by atoms with E-state index in [0.29, 0.717) is 24.4 Å². The minimum absolute atomic E-state index is 0.123. The molecule has 208 valence electrons. The number of carboxylic acids is 2. The van der Waals surface area contributed by atoms with Gasteiger partial charge in [0, 0.05) is 25.2 Å². The minimum Gasteiger partial charge on any atom is -0.473 e. The van der Waals surface area contributed by atoms with Gasteiger partial charge >= 0.3 is 11.9 Å². The van der Waals surface area contributed by atoms with Crippen LogP contribution in [0.1, 0.15) is 88.6 Å². The van der Waals surface area contributed by atoms with Crippen LogP contribution in [0, 0.1) is 0 Å². The van der Waals surface area contributed by atoms with Crippen molar-refractivity contribution in [3.05, 3.63) is 24.2 Å². The van der Waals surface area contributed by atoms with Crippen LogP contribution in [-0.4, -0.2) is 93.5 Å². The van der Waals surface area contributed by atoms with Gasteiger partial charge in [0.1, 0.15) is 6.54 Å². The fourth-order valence-electron chi connectivity index (χ4n) is 5.28. The molecule has 2 aliphatic carbocycles. The largest absolute Gasteiger partial charge is 0.473 e. The smallest absolute Gasteiger partial charge is 0.414 e. The maximum Gasteiger partial charge on any atom is 0.414 e. The van der Waals surface area contributed by atoms with Gasteiger partial charge in [-0.1, -0.05) is 52.4 Å². The third-order valence-electron chi connectivity index (χ3n) is 7.33. The molecule has 0 bridgehead atoms. The van der Waals surface area contributed by atoms with E-state index in [-0.39, 0.29) is 18.4 Å². The minimum atomic E-state index is -1.82. The van der Waals surface area contributed by atoms with E-state index in [0.717, 1.165) is 45.3 Å². The van der Waals surface area contributed by atoms with E-state index < -0.39 is 11.9 Å². The number of hydrogen-bond acceptors (Lipinski definition) is 6. The standard InChI is InChI=1S/C25H41N3O3.C2H2O4/c1-3-26(4-2)17-18-27(25(30)23-16-11-19-31-23)20-24(29)28(21-12-7-5-8-13-21)22-14-9-6-10-15-22;3-1(4)2(5)6/h11,16,19,21-22H,3-10,12-15,17-18,20H2,1-2H3;(H,3,4)(H,5,6). The van der Waals surface area contributed by atoms with Crippen molar-refractivity contribution in [1.82, 2.24) is 14.7 Å². The van der Waals surface area contributed by atoms with E-state index in [9.17, 15) is 9.59 Å². The Morgan fingerprint density at radius 3 is 1.76 bits per heavy atom. The van der Waals surface area contributed by atoms with Crippen molar-refractivity contribution in [1.29, 1.82) is 0 Å². The van der Waals surface area contributed by atoms with Gasteiger partial charge in [0.05, 0.1) is 6.26 Å². The zero-order valence-electron chi connectivity index (χ0n) is 22.3. The summed E-state index contributed by atoms with van der Waals surface area (Å²) in [6.07, 6.45) is 13.3. The number of aliphatic carboxylic acids is 2. The quantitative estimate of drug-likeness (QED) is 0.446. The maximum atomic E-state index is 13.7. The number of carbonyl (C=O) groups is 4. The predicted octanol–water partition coefficient (Wildman–Crippen LogP) is 3.71. The van der Waals surface area contributed by atoms with Crippen LogP contribution in [0.4, 0.5) is 0 Å². The molecule has 2 saturated carbocycles. The molecule has 2 aliphatic rings. The number of furan rings is 1. The summed E-state index contributed by atoms with van der Waals surface area (Å²) in [5.74, 6) is -3.39. The average Bonchev–Trinajstić information content (AvgIpc) is 3.45. The Labute approximate surface area is 219 Å². The topological polar surface area (TPSA) is 132 Å². The van der Waals surface area contributed by atoms with Crippen molar-refractivity contribution >= 4 is 23.8 Å². The molecule has 37 heavy (non-hydrogen) atoms. The van der Waals surface area contributed by atoms with Crippen LogP contribution in [0.3, 0.4) is 0 Å². The second kappa shape index (κ2) is 16.1. The van der Waals surface area contributed by atoms with E-state index in [2.05, 4.69) is 23.6 Å². The Kier molecular flexibility index (Phi) is 13.2. The number of amides is 2. The molecule has 2 N–H and O–H groups in total. The van der Waals surface area contributed by atoms with Crippen molar-refractivity contribution < 1.29 is 33.8 Å². The first-order valence-electron chi connectivity index (χ1n) is 13.6. The summed E-state index contributed by atoms with van der Waals surface area (Å²) in [5.41, 5.74) is 0. The van der Waals surface area contributed by atoms with E-state index >= 15 is 0 Å². The molecular weight excluding hydrogens is 478 g/mol. The molecule has 1 heterocycles. The molecule has 3 rings (SSSR count). The van der Waals surface area contributed by atoms with Gasteiger partial charge in [-0.05, 0) is 50.9 Å². The lowest BCUT2D eigenvalue weighted by molar-refractivity contribution is -0.159. The zero-order chi connectivity index (χ0) is 27.2. The zero-order valence-corrected chi connectivity index (χ0v) is 22.3. The summed E-state index contributed by atoms with van der Waals surface area (Å²) in [4.78, 5) is 51.2. The lowest BCUT2D eigenvalue weighted by Gasteiger charge is -2.42. The lowest BCUT2D eigenvalue weighted by Crippen LogP contribution is -2.53. The first-order valence-corrected chi connectivity index (χ1v) is 13.6. The second-order valence-corrected chi connectivity index (χ2v) is 9.73. The van der Waals surface area contributed by atoms with Gasteiger partial charge < -0.3 is 29.3 Å². The van der Waals surface area contributed by atoms with Gasteiger partial charge in [-0.15, -0.1) is 0 Å². The van der Waals surface area contributed by atoms with Gasteiger partial charge in [0.25, 0.3) is 5.91 Å². The van der Waals surface area contributed by atoms with Crippen LogP contribution >= 0.6 is 0 Å². The summed E-state index contributed by atoms with van der Waals surface area (Å²) in [6, 6.07) is 4.10. The molecule has 2 fully saturated rings. The lowest BCUT2D eigenvalue weighted by atomic mass is 9.88. The average molecular weight is 522 g/mol. The normalized spacial score (nSPS) is 16.5. The third kappa shape index (κ3) is 9.83. The predicted molar refractivity (Wildman–Crippen MR) is 138 cm³/mol.